The molecule has 6 heteroatoms. The molecule has 0 unspecified atom stereocenters. The lowest BCUT2D eigenvalue weighted by molar-refractivity contribution is -0.115. The van der Waals surface area contributed by atoms with Gasteiger partial charge in [-0.3, -0.25) is 4.79 Å². The molecule has 1 amide bonds. The minimum atomic E-state index is -0.621. The number of nitrogens with one attached hydrogen (secondary N) is 2. The quantitative estimate of drug-likeness (QED) is 0.759. The summed E-state index contributed by atoms with van der Waals surface area (Å²) in [6, 6.07) is 10.9. The molecule has 2 N–H and O–H groups in total. The third kappa shape index (κ3) is 5.52. The summed E-state index contributed by atoms with van der Waals surface area (Å²) in [7, 11) is 0. The number of rotatable bonds is 6. The van der Waals surface area contributed by atoms with Crippen molar-refractivity contribution in [1.29, 1.82) is 0 Å². The lowest BCUT2D eigenvalue weighted by atomic mass is 10.1. The largest absolute Gasteiger partial charge is 0.372 e. The highest BCUT2D eigenvalue weighted by molar-refractivity contribution is 5.92. The molecule has 2 aromatic carbocycles. The van der Waals surface area contributed by atoms with Crippen LogP contribution in [0.5, 0.6) is 0 Å². The predicted molar refractivity (Wildman–Crippen MR) is 109 cm³/mol. The molecule has 1 atom stereocenters. The summed E-state index contributed by atoms with van der Waals surface area (Å²) in [5.74, 6) is -1.45. The van der Waals surface area contributed by atoms with E-state index in [1.165, 1.54) is 43.5 Å². The second-order valence-corrected chi connectivity index (χ2v) is 7.26. The van der Waals surface area contributed by atoms with Gasteiger partial charge in [-0.2, -0.15) is 0 Å². The number of benzene rings is 2. The minimum Gasteiger partial charge on any atom is -0.372 e. The third-order valence-corrected chi connectivity index (χ3v) is 5.12. The Bertz CT molecular complexity index is 787. The van der Waals surface area contributed by atoms with Gasteiger partial charge in [0, 0.05) is 42.1 Å². The van der Waals surface area contributed by atoms with E-state index in [0.29, 0.717) is 5.56 Å². The molecule has 28 heavy (non-hydrogen) atoms. The monoisotopic (exact) mass is 387 g/mol. The van der Waals surface area contributed by atoms with E-state index in [4.69, 9.17) is 0 Å². The molecule has 0 aromatic heterocycles. The summed E-state index contributed by atoms with van der Waals surface area (Å²) < 4.78 is 26.8. The number of hydrogen-bond donors (Lipinski definition) is 2. The molecule has 4 nitrogen and oxygen atoms in total. The van der Waals surface area contributed by atoms with Gasteiger partial charge in [-0.25, -0.2) is 8.78 Å². The van der Waals surface area contributed by atoms with Crippen LogP contribution < -0.4 is 15.5 Å². The molecule has 0 saturated carbocycles. The summed E-state index contributed by atoms with van der Waals surface area (Å²) in [4.78, 5) is 14.6. The van der Waals surface area contributed by atoms with E-state index in [-0.39, 0.29) is 12.5 Å². The lowest BCUT2D eigenvalue weighted by Gasteiger charge is -2.22. The molecule has 150 valence electrons. The van der Waals surface area contributed by atoms with E-state index in [2.05, 4.69) is 15.5 Å². The van der Waals surface area contributed by atoms with Gasteiger partial charge >= 0.3 is 0 Å². The van der Waals surface area contributed by atoms with Crippen LogP contribution in [0.25, 0.3) is 0 Å². The van der Waals surface area contributed by atoms with Gasteiger partial charge in [0.25, 0.3) is 0 Å². The number of hydrogen-bond acceptors (Lipinski definition) is 3. The number of carbonyl (C=O) groups excluding carboxylic acids is 1. The smallest absolute Gasteiger partial charge is 0.238 e. The summed E-state index contributed by atoms with van der Waals surface area (Å²) in [6.45, 7) is 3.92. The average molecular weight is 387 g/mol. The summed E-state index contributed by atoms with van der Waals surface area (Å²) >= 11 is 0. The standard InChI is InChI=1S/C22H27F2N3O/c1-16(20-11-6-17(23)14-21(20)24)25-15-22(28)26-18-7-9-19(10-8-18)27-12-4-2-3-5-13-27/h6-11,14,16,25H,2-5,12-13,15H2,1H3,(H,26,28)/t16-/m1/s1. The number of halogens is 2. The number of amides is 1. The molecule has 1 saturated heterocycles. The summed E-state index contributed by atoms with van der Waals surface area (Å²) in [5.41, 5.74) is 2.24. The van der Waals surface area contributed by atoms with E-state index in [1.807, 2.05) is 24.3 Å². The van der Waals surface area contributed by atoms with Crippen LogP contribution in [0, 0.1) is 11.6 Å². The molecule has 1 aliphatic rings. The van der Waals surface area contributed by atoms with Gasteiger partial charge in [-0.05, 0) is 50.1 Å². The van der Waals surface area contributed by atoms with Crippen LogP contribution in [0.4, 0.5) is 20.2 Å². The van der Waals surface area contributed by atoms with Crippen LogP contribution >= 0.6 is 0 Å². The van der Waals surface area contributed by atoms with Gasteiger partial charge < -0.3 is 15.5 Å². The number of anilines is 2. The molecule has 1 aliphatic heterocycles. The predicted octanol–water partition coefficient (Wildman–Crippen LogP) is 4.63. The van der Waals surface area contributed by atoms with Crippen molar-refractivity contribution in [2.24, 2.45) is 0 Å². The highest BCUT2D eigenvalue weighted by atomic mass is 19.1. The van der Waals surface area contributed by atoms with Crippen LogP contribution in [0.15, 0.2) is 42.5 Å². The van der Waals surface area contributed by atoms with Crippen LogP contribution in [0.1, 0.15) is 44.2 Å². The van der Waals surface area contributed by atoms with Gasteiger partial charge in [0.2, 0.25) is 5.91 Å². The van der Waals surface area contributed by atoms with Crippen molar-refractivity contribution in [3.8, 4) is 0 Å². The molecule has 3 rings (SSSR count). The van der Waals surface area contributed by atoms with Crippen molar-refractivity contribution in [1.82, 2.24) is 5.32 Å². The zero-order valence-corrected chi connectivity index (χ0v) is 16.2. The first-order valence-corrected chi connectivity index (χ1v) is 9.86. The Morgan fingerprint density at radius 2 is 1.71 bits per heavy atom. The van der Waals surface area contributed by atoms with Crippen LogP contribution in [0.3, 0.4) is 0 Å². The molecular weight excluding hydrogens is 360 g/mol. The Balaban J connectivity index is 1.50. The molecule has 1 heterocycles. The average Bonchev–Trinajstić information content (AvgIpc) is 2.96. The van der Waals surface area contributed by atoms with Crippen molar-refractivity contribution in [2.45, 2.75) is 38.6 Å². The molecule has 0 aliphatic carbocycles. The van der Waals surface area contributed by atoms with E-state index in [9.17, 15) is 13.6 Å². The van der Waals surface area contributed by atoms with Crippen molar-refractivity contribution >= 4 is 17.3 Å². The number of nitrogens with zero attached hydrogens (tertiary/aromatic N) is 1. The normalized spacial score (nSPS) is 15.8. The maximum absolute atomic E-state index is 13.8. The first-order valence-electron chi connectivity index (χ1n) is 9.86. The third-order valence-electron chi connectivity index (χ3n) is 5.12. The SMILES string of the molecule is C[C@@H](NCC(=O)Nc1ccc(N2CCCCCC2)cc1)c1ccc(F)cc1F. The molecule has 0 spiro atoms. The van der Waals surface area contributed by atoms with Crippen LogP contribution in [-0.4, -0.2) is 25.5 Å². The number of carbonyl (C=O) groups is 1. The molecule has 0 radical (unpaired) electrons. The topological polar surface area (TPSA) is 44.4 Å². The van der Waals surface area contributed by atoms with Gasteiger partial charge in [0.1, 0.15) is 11.6 Å². The van der Waals surface area contributed by atoms with Crippen molar-refractivity contribution in [2.75, 3.05) is 29.9 Å². The van der Waals surface area contributed by atoms with Gasteiger partial charge in [0.05, 0.1) is 6.54 Å². The fourth-order valence-corrected chi connectivity index (χ4v) is 3.50. The summed E-state index contributed by atoms with van der Waals surface area (Å²) in [5, 5.41) is 5.81. The lowest BCUT2D eigenvalue weighted by Crippen LogP contribution is -2.30. The van der Waals surface area contributed by atoms with Crippen LogP contribution in [-0.2, 0) is 4.79 Å². The zero-order valence-electron chi connectivity index (χ0n) is 16.2. The van der Waals surface area contributed by atoms with Crippen molar-refractivity contribution in [3.63, 3.8) is 0 Å². The summed E-state index contributed by atoms with van der Waals surface area (Å²) in [6.07, 6.45) is 5.02. The fourth-order valence-electron chi connectivity index (χ4n) is 3.50. The van der Waals surface area contributed by atoms with Crippen molar-refractivity contribution in [3.05, 3.63) is 59.7 Å². The molecule has 1 fully saturated rings. The Labute approximate surface area is 164 Å². The second kappa shape index (κ2) is 9.64. The molecular formula is C22H27F2N3O. The van der Waals surface area contributed by atoms with Crippen molar-refractivity contribution < 1.29 is 13.6 Å². The Morgan fingerprint density at radius 3 is 2.36 bits per heavy atom. The first kappa shape index (κ1) is 20.3. The van der Waals surface area contributed by atoms with E-state index in [0.717, 1.165) is 24.8 Å². The minimum absolute atomic E-state index is 0.0336. The van der Waals surface area contributed by atoms with E-state index < -0.39 is 17.7 Å². The highest BCUT2D eigenvalue weighted by Gasteiger charge is 2.13. The Kier molecular flexibility index (Phi) is 6.98. The molecule has 2 aromatic rings. The maximum Gasteiger partial charge on any atom is 0.238 e. The maximum atomic E-state index is 13.8. The Morgan fingerprint density at radius 1 is 1.04 bits per heavy atom. The van der Waals surface area contributed by atoms with Gasteiger partial charge in [-0.15, -0.1) is 0 Å². The van der Waals surface area contributed by atoms with Gasteiger partial charge in [0.15, 0.2) is 0 Å². The van der Waals surface area contributed by atoms with Crippen LogP contribution in [0.2, 0.25) is 0 Å². The first-order chi connectivity index (χ1) is 13.5. The van der Waals surface area contributed by atoms with E-state index >= 15 is 0 Å². The van der Waals surface area contributed by atoms with E-state index in [1.54, 1.807) is 6.92 Å². The zero-order chi connectivity index (χ0) is 19.9. The van der Waals surface area contributed by atoms with Gasteiger partial charge in [-0.1, -0.05) is 18.9 Å². The highest BCUT2D eigenvalue weighted by Crippen LogP contribution is 2.22. The Hall–Kier alpha value is -2.47. The second-order valence-electron chi connectivity index (χ2n) is 7.26. The molecule has 0 bridgehead atoms. The fraction of sp³-hybridized carbons (Fsp3) is 0.409.